The Labute approximate surface area is 126 Å². The van der Waals surface area contributed by atoms with Gasteiger partial charge in [-0.2, -0.15) is 0 Å². The van der Waals surface area contributed by atoms with E-state index in [1.165, 1.54) is 6.07 Å². The van der Waals surface area contributed by atoms with E-state index in [9.17, 15) is 9.18 Å². The molecule has 1 amide bonds. The first-order valence-corrected chi connectivity index (χ1v) is 7.82. The summed E-state index contributed by atoms with van der Waals surface area (Å²) < 4.78 is 13.6. The lowest BCUT2D eigenvalue weighted by Crippen LogP contribution is -2.39. The van der Waals surface area contributed by atoms with Gasteiger partial charge in [-0.05, 0) is 49.7 Å². The molecule has 1 aromatic carbocycles. The van der Waals surface area contributed by atoms with Crippen LogP contribution in [-0.2, 0) is 11.2 Å². The number of hydrogen-bond acceptors (Lipinski definition) is 1. The number of hydrogen-bond donors (Lipinski definition) is 0. The SMILES string of the molecule is C=CCCC(=O)N1CCC[C@@H](CCc2ccccc2F)C1. The summed E-state index contributed by atoms with van der Waals surface area (Å²) >= 11 is 0. The first-order chi connectivity index (χ1) is 10.2. The molecule has 2 nitrogen and oxygen atoms in total. The van der Waals surface area contributed by atoms with Gasteiger partial charge in [0.25, 0.3) is 0 Å². The van der Waals surface area contributed by atoms with Gasteiger partial charge >= 0.3 is 0 Å². The van der Waals surface area contributed by atoms with Gasteiger partial charge in [0.05, 0.1) is 0 Å². The van der Waals surface area contributed by atoms with E-state index in [0.717, 1.165) is 50.8 Å². The molecule has 1 fully saturated rings. The summed E-state index contributed by atoms with van der Waals surface area (Å²) in [5.41, 5.74) is 0.785. The molecule has 0 saturated carbocycles. The number of nitrogens with zero attached hydrogens (tertiary/aromatic N) is 1. The van der Waals surface area contributed by atoms with E-state index >= 15 is 0 Å². The highest BCUT2D eigenvalue weighted by molar-refractivity contribution is 5.76. The summed E-state index contributed by atoms with van der Waals surface area (Å²) in [5, 5.41) is 0. The number of rotatable bonds is 6. The summed E-state index contributed by atoms with van der Waals surface area (Å²) in [4.78, 5) is 14.0. The molecule has 0 aromatic heterocycles. The Morgan fingerprint density at radius 3 is 3.00 bits per heavy atom. The summed E-state index contributed by atoms with van der Waals surface area (Å²) in [6.45, 7) is 5.35. The van der Waals surface area contributed by atoms with E-state index in [0.29, 0.717) is 12.3 Å². The van der Waals surface area contributed by atoms with Crippen molar-refractivity contribution in [3.63, 3.8) is 0 Å². The molecule has 1 heterocycles. The maximum atomic E-state index is 13.6. The molecule has 1 aromatic rings. The third-order valence-corrected chi connectivity index (χ3v) is 4.21. The molecule has 0 unspecified atom stereocenters. The first-order valence-electron chi connectivity index (χ1n) is 7.82. The summed E-state index contributed by atoms with van der Waals surface area (Å²) in [6, 6.07) is 6.97. The van der Waals surface area contributed by atoms with E-state index in [2.05, 4.69) is 6.58 Å². The van der Waals surface area contributed by atoms with E-state index in [1.54, 1.807) is 12.1 Å². The molecule has 0 bridgehead atoms. The molecule has 1 atom stereocenters. The van der Waals surface area contributed by atoms with Gasteiger partial charge in [-0.15, -0.1) is 6.58 Å². The molecule has 21 heavy (non-hydrogen) atoms. The Balaban J connectivity index is 1.82. The van der Waals surface area contributed by atoms with Crippen molar-refractivity contribution in [3.8, 4) is 0 Å². The fraction of sp³-hybridized carbons (Fsp3) is 0.500. The second-order valence-electron chi connectivity index (χ2n) is 5.81. The molecule has 1 aliphatic rings. The minimum atomic E-state index is -0.118. The molecule has 2 rings (SSSR count). The molecule has 0 spiro atoms. The average molecular weight is 289 g/mol. The van der Waals surface area contributed by atoms with Crippen molar-refractivity contribution < 1.29 is 9.18 Å². The van der Waals surface area contributed by atoms with Gasteiger partial charge in [0.15, 0.2) is 0 Å². The molecule has 3 heteroatoms. The Kier molecular flexibility index (Phi) is 5.97. The molecule has 114 valence electrons. The molecule has 0 aliphatic carbocycles. The van der Waals surface area contributed by atoms with Crippen LogP contribution in [-0.4, -0.2) is 23.9 Å². The van der Waals surface area contributed by atoms with Crippen LogP contribution in [0.25, 0.3) is 0 Å². The lowest BCUT2D eigenvalue weighted by molar-refractivity contribution is -0.132. The van der Waals surface area contributed by atoms with Crippen LogP contribution in [0, 0.1) is 11.7 Å². The number of benzene rings is 1. The van der Waals surface area contributed by atoms with Crippen LogP contribution < -0.4 is 0 Å². The third kappa shape index (κ3) is 4.69. The molecule has 0 N–H and O–H groups in total. The van der Waals surface area contributed by atoms with E-state index < -0.39 is 0 Å². The topological polar surface area (TPSA) is 20.3 Å². The molecule has 1 saturated heterocycles. The van der Waals surface area contributed by atoms with Gasteiger partial charge in [0.1, 0.15) is 5.82 Å². The van der Waals surface area contributed by atoms with Crippen LogP contribution in [0.3, 0.4) is 0 Å². The van der Waals surface area contributed by atoms with Crippen molar-refractivity contribution in [3.05, 3.63) is 48.3 Å². The molecule has 1 aliphatic heterocycles. The van der Waals surface area contributed by atoms with E-state index in [-0.39, 0.29) is 11.7 Å². The van der Waals surface area contributed by atoms with Crippen molar-refractivity contribution in [1.82, 2.24) is 4.90 Å². The maximum Gasteiger partial charge on any atom is 0.222 e. The van der Waals surface area contributed by atoms with E-state index in [4.69, 9.17) is 0 Å². The van der Waals surface area contributed by atoms with Crippen molar-refractivity contribution >= 4 is 5.91 Å². The quantitative estimate of drug-likeness (QED) is 0.726. The number of allylic oxidation sites excluding steroid dienone is 1. The van der Waals surface area contributed by atoms with Crippen LogP contribution in [0.4, 0.5) is 4.39 Å². The smallest absolute Gasteiger partial charge is 0.222 e. The van der Waals surface area contributed by atoms with Crippen LogP contribution in [0.2, 0.25) is 0 Å². The number of carbonyl (C=O) groups is 1. The minimum Gasteiger partial charge on any atom is -0.342 e. The Bertz CT molecular complexity index is 486. The molecule has 0 radical (unpaired) electrons. The zero-order valence-electron chi connectivity index (χ0n) is 12.6. The number of aryl methyl sites for hydroxylation is 1. The van der Waals surface area contributed by atoms with Gasteiger partial charge in [0.2, 0.25) is 5.91 Å². The Morgan fingerprint density at radius 1 is 1.43 bits per heavy atom. The van der Waals surface area contributed by atoms with Crippen LogP contribution in [0.5, 0.6) is 0 Å². The predicted molar refractivity (Wildman–Crippen MR) is 83.5 cm³/mol. The Hall–Kier alpha value is -1.64. The molecular weight excluding hydrogens is 265 g/mol. The van der Waals surface area contributed by atoms with Crippen molar-refractivity contribution in [2.45, 2.75) is 38.5 Å². The predicted octanol–water partition coefficient (Wildman–Crippen LogP) is 3.96. The van der Waals surface area contributed by atoms with Gasteiger partial charge < -0.3 is 4.90 Å². The standard InChI is InChI=1S/C18H24FNO/c1-2-3-10-18(21)20-13-6-7-15(14-20)11-12-16-8-4-5-9-17(16)19/h2,4-5,8-9,15H,1,3,6-7,10-14H2/t15-/m0/s1. The summed E-state index contributed by atoms with van der Waals surface area (Å²) in [5.74, 6) is 0.601. The lowest BCUT2D eigenvalue weighted by atomic mass is 9.91. The fourth-order valence-corrected chi connectivity index (χ4v) is 2.97. The number of amides is 1. The Morgan fingerprint density at radius 2 is 2.24 bits per heavy atom. The summed E-state index contributed by atoms with van der Waals surface area (Å²) in [6.07, 6.45) is 7.00. The summed E-state index contributed by atoms with van der Waals surface area (Å²) in [7, 11) is 0. The second kappa shape index (κ2) is 7.96. The largest absolute Gasteiger partial charge is 0.342 e. The van der Waals surface area contributed by atoms with Crippen molar-refractivity contribution in [2.75, 3.05) is 13.1 Å². The van der Waals surface area contributed by atoms with Gasteiger partial charge in [0, 0.05) is 19.5 Å². The van der Waals surface area contributed by atoms with Crippen molar-refractivity contribution in [1.29, 1.82) is 0 Å². The normalized spacial score (nSPS) is 18.5. The first kappa shape index (κ1) is 15.7. The van der Waals surface area contributed by atoms with Gasteiger partial charge in [-0.1, -0.05) is 24.3 Å². The highest BCUT2D eigenvalue weighted by atomic mass is 19.1. The second-order valence-corrected chi connectivity index (χ2v) is 5.81. The monoisotopic (exact) mass is 289 g/mol. The van der Waals surface area contributed by atoms with Crippen LogP contribution in [0.1, 0.15) is 37.7 Å². The fourth-order valence-electron chi connectivity index (χ4n) is 2.97. The van der Waals surface area contributed by atoms with Crippen molar-refractivity contribution in [2.24, 2.45) is 5.92 Å². The number of carbonyl (C=O) groups excluding carboxylic acids is 1. The maximum absolute atomic E-state index is 13.6. The van der Waals surface area contributed by atoms with Gasteiger partial charge in [-0.3, -0.25) is 4.79 Å². The minimum absolute atomic E-state index is 0.118. The van der Waals surface area contributed by atoms with Crippen LogP contribution >= 0.6 is 0 Å². The number of halogens is 1. The highest BCUT2D eigenvalue weighted by Crippen LogP contribution is 2.23. The zero-order valence-corrected chi connectivity index (χ0v) is 12.6. The van der Waals surface area contributed by atoms with Gasteiger partial charge in [-0.25, -0.2) is 4.39 Å². The molecular formula is C18H24FNO. The zero-order chi connectivity index (χ0) is 15.1. The third-order valence-electron chi connectivity index (χ3n) is 4.21. The van der Waals surface area contributed by atoms with Crippen LogP contribution in [0.15, 0.2) is 36.9 Å². The van der Waals surface area contributed by atoms with E-state index in [1.807, 2.05) is 17.0 Å². The lowest BCUT2D eigenvalue weighted by Gasteiger charge is -2.33. The number of piperidine rings is 1. The number of likely N-dealkylation sites (tertiary alicyclic amines) is 1. The highest BCUT2D eigenvalue weighted by Gasteiger charge is 2.23. The average Bonchev–Trinajstić information content (AvgIpc) is 2.52.